The first-order valence-electron chi connectivity index (χ1n) is 11.6. The molecular formula is C26H35BO3S. The molecule has 2 saturated carbocycles. The Labute approximate surface area is 192 Å². The fourth-order valence-electron chi connectivity index (χ4n) is 4.35. The summed E-state index contributed by atoms with van der Waals surface area (Å²) in [6.45, 7) is 14.6. The molecule has 3 nitrogen and oxygen atoms in total. The van der Waals surface area contributed by atoms with Crippen molar-refractivity contribution in [1.29, 1.82) is 0 Å². The fraction of sp³-hybridized carbons (Fsp3) is 0.577. The molecule has 166 valence electrons. The third kappa shape index (κ3) is 4.34. The van der Waals surface area contributed by atoms with Gasteiger partial charge in [-0.2, -0.15) is 0 Å². The highest BCUT2D eigenvalue weighted by Gasteiger charge is 2.71. The van der Waals surface area contributed by atoms with Crippen LogP contribution >= 0.6 is 11.8 Å². The number of ketones is 1. The second kappa shape index (κ2) is 8.24. The number of benzene rings is 1. The molecule has 0 radical (unpaired) electrons. The molecule has 0 bridgehead atoms. The number of hydrogen-bond donors (Lipinski definition) is 0. The van der Waals surface area contributed by atoms with Gasteiger partial charge in [-0.25, -0.2) is 0 Å². The van der Waals surface area contributed by atoms with E-state index in [1.54, 1.807) is 18.7 Å². The van der Waals surface area contributed by atoms with Crippen LogP contribution in [0.1, 0.15) is 83.4 Å². The molecule has 2 aliphatic carbocycles. The van der Waals surface area contributed by atoms with Crippen molar-refractivity contribution in [2.75, 3.05) is 0 Å². The van der Waals surface area contributed by atoms with Crippen molar-refractivity contribution in [2.45, 2.75) is 91.8 Å². The van der Waals surface area contributed by atoms with Gasteiger partial charge in [-0.05, 0) is 80.9 Å². The van der Waals surface area contributed by atoms with Gasteiger partial charge in [-0.1, -0.05) is 56.2 Å². The second-order valence-corrected chi connectivity index (χ2v) is 11.0. The van der Waals surface area contributed by atoms with Gasteiger partial charge in [-0.3, -0.25) is 4.79 Å². The first-order valence-corrected chi connectivity index (χ1v) is 12.5. The number of fused-ring (bicyclic) bond motifs is 1. The van der Waals surface area contributed by atoms with Crippen LogP contribution in [0.25, 0.3) is 4.91 Å². The molecule has 31 heavy (non-hydrogen) atoms. The molecule has 1 aromatic carbocycles. The van der Waals surface area contributed by atoms with Crippen molar-refractivity contribution >= 4 is 35.0 Å². The SMILES string of the molecule is CC1CC1.CCC1=CSC(c2ccc(B3OC4(C)CC4(C)O3)c(C)c2C)=C(C(C)=O)C1. The largest absolute Gasteiger partial charge is 0.495 e. The molecule has 4 aliphatic rings. The van der Waals surface area contributed by atoms with Crippen molar-refractivity contribution in [1.82, 2.24) is 0 Å². The van der Waals surface area contributed by atoms with Crippen molar-refractivity contribution in [2.24, 2.45) is 5.92 Å². The molecule has 2 atom stereocenters. The number of allylic oxidation sites excluding steroid dienone is 2. The Morgan fingerprint density at radius 1 is 1.16 bits per heavy atom. The number of hydrogen-bond acceptors (Lipinski definition) is 4. The molecule has 0 N–H and O–H groups in total. The van der Waals surface area contributed by atoms with E-state index >= 15 is 0 Å². The van der Waals surface area contributed by atoms with Gasteiger partial charge in [0.25, 0.3) is 0 Å². The van der Waals surface area contributed by atoms with Crippen molar-refractivity contribution in [3.8, 4) is 0 Å². The summed E-state index contributed by atoms with van der Waals surface area (Å²) in [5.74, 6) is 1.25. The maximum Gasteiger partial charge on any atom is 0.495 e. The standard InChI is InChI=1S/C22H27BO3S.C4H8/c1-7-16-10-18(15(4)24)20(27-11-16)17-8-9-19(14(3)13(17)2)23-25-21(5)12-22(21,6)26-23;1-4-2-3-4/h8-9,11H,7,10,12H2,1-6H3;4H,2-3H2,1H3. The van der Waals surface area contributed by atoms with E-state index in [0.717, 1.165) is 46.7 Å². The predicted octanol–water partition coefficient (Wildman–Crippen LogP) is 6.11. The lowest BCUT2D eigenvalue weighted by Gasteiger charge is -2.22. The Hall–Kier alpha value is -1.30. The Morgan fingerprint density at radius 2 is 1.77 bits per heavy atom. The topological polar surface area (TPSA) is 35.5 Å². The van der Waals surface area contributed by atoms with Gasteiger partial charge in [0.2, 0.25) is 0 Å². The minimum Gasteiger partial charge on any atom is -0.399 e. The fourth-order valence-corrected chi connectivity index (χ4v) is 5.59. The molecule has 0 amide bonds. The summed E-state index contributed by atoms with van der Waals surface area (Å²) in [5.41, 5.74) is 6.60. The average molecular weight is 438 g/mol. The molecule has 2 unspecified atom stereocenters. The zero-order valence-electron chi connectivity index (χ0n) is 20.1. The number of rotatable bonds is 4. The molecule has 1 saturated heterocycles. The Kier molecular flexibility index (Phi) is 6.08. The van der Waals surface area contributed by atoms with E-state index in [0.29, 0.717) is 0 Å². The molecule has 5 rings (SSSR count). The maximum absolute atomic E-state index is 12.3. The number of Topliss-reactive ketones (excluding diaryl/α,β-unsaturated/α-hetero) is 1. The van der Waals surface area contributed by atoms with E-state index < -0.39 is 0 Å². The lowest BCUT2D eigenvalue weighted by molar-refractivity contribution is -0.113. The normalized spacial score (nSPS) is 29.3. The summed E-state index contributed by atoms with van der Waals surface area (Å²) in [7, 11) is -0.298. The van der Waals surface area contributed by atoms with E-state index in [-0.39, 0.29) is 24.1 Å². The Bertz CT molecular complexity index is 961. The summed E-state index contributed by atoms with van der Waals surface area (Å²) in [5, 5.41) is 2.21. The quantitative estimate of drug-likeness (QED) is 0.531. The van der Waals surface area contributed by atoms with Crippen LogP contribution in [0.5, 0.6) is 0 Å². The van der Waals surface area contributed by atoms with Crippen LogP contribution in [0.15, 0.2) is 28.7 Å². The molecule has 5 heteroatoms. The summed E-state index contributed by atoms with van der Waals surface area (Å²) in [6, 6.07) is 4.25. The first-order chi connectivity index (χ1) is 14.6. The molecule has 1 aromatic rings. The molecular weight excluding hydrogens is 403 g/mol. The van der Waals surface area contributed by atoms with E-state index in [4.69, 9.17) is 9.31 Å². The van der Waals surface area contributed by atoms with Crippen molar-refractivity contribution < 1.29 is 14.1 Å². The Balaban J connectivity index is 0.000000520. The highest BCUT2D eigenvalue weighted by atomic mass is 32.2. The molecule has 2 aliphatic heterocycles. The lowest BCUT2D eigenvalue weighted by Crippen LogP contribution is -2.38. The average Bonchev–Trinajstić information content (AvgIpc) is 3.59. The zero-order valence-corrected chi connectivity index (χ0v) is 20.9. The van der Waals surface area contributed by atoms with Gasteiger partial charge in [0.1, 0.15) is 0 Å². The Morgan fingerprint density at radius 3 is 2.29 bits per heavy atom. The minimum atomic E-state index is -0.298. The summed E-state index contributed by atoms with van der Waals surface area (Å²) in [6.07, 6.45) is 5.69. The number of carbonyl (C=O) groups is 1. The van der Waals surface area contributed by atoms with Crippen LogP contribution in [-0.4, -0.2) is 24.1 Å². The summed E-state index contributed by atoms with van der Waals surface area (Å²) >= 11 is 1.69. The van der Waals surface area contributed by atoms with Gasteiger partial charge in [0.05, 0.1) is 11.2 Å². The van der Waals surface area contributed by atoms with Crippen LogP contribution in [0.3, 0.4) is 0 Å². The third-order valence-electron chi connectivity index (χ3n) is 7.50. The monoisotopic (exact) mass is 438 g/mol. The van der Waals surface area contributed by atoms with Crippen molar-refractivity contribution in [3.05, 3.63) is 45.4 Å². The van der Waals surface area contributed by atoms with Gasteiger partial charge in [0.15, 0.2) is 5.78 Å². The number of thioether (sulfide) groups is 1. The van der Waals surface area contributed by atoms with Crippen molar-refractivity contribution in [3.63, 3.8) is 0 Å². The highest BCUT2D eigenvalue weighted by molar-refractivity contribution is 8.11. The van der Waals surface area contributed by atoms with Gasteiger partial charge in [0, 0.05) is 16.9 Å². The highest BCUT2D eigenvalue weighted by Crippen LogP contribution is 2.58. The van der Waals surface area contributed by atoms with Crippen LogP contribution in [-0.2, 0) is 14.1 Å². The summed E-state index contributed by atoms with van der Waals surface area (Å²) < 4.78 is 12.4. The number of carbonyl (C=O) groups excluding carboxylic acids is 1. The third-order valence-corrected chi connectivity index (χ3v) is 8.65. The lowest BCUT2D eigenvalue weighted by atomic mass is 9.74. The smallest absolute Gasteiger partial charge is 0.399 e. The van der Waals surface area contributed by atoms with E-state index in [9.17, 15) is 4.79 Å². The maximum atomic E-state index is 12.3. The molecule has 3 fully saturated rings. The summed E-state index contributed by atoms with van der Waals surface area (Å²) in [4.78, 5) is 13.4. The van der Waals surface area contributed by atoms with E-state index in [1.165, 1.54) is 29.5 Å². The van der Waals surface area contributed by atoms with Crippen LogP contribution in [0.4, 0.5) is 0 Å². The van der Waals surface area contributed by atoms with Gasteiger partial charge < -0.3 is 9.31 Å². The van der Waals surface area contributed by atoms with Crippen LogP contribution in [0, 0.1) is 19.8 Å². The molecule has 0 aromatic heterocycles. The minimum absolute atomic E-state index is 0.151. The van der Waals surface area contributed by atoms with Gasteiger partial charge in [-0.15, -0.1) is 0 Å². The van der Waals surface area contributed by atoms with Crippen LogP contribution < -0.4 is 5.46 Å². The van der Waals surface area contributed by atoms with E-state index in [1.807, 2.05) is 0 Å². The van der Waals surface area contributed by atoms with E-state index in [2.05, 4.69) is 59.1 Å². The predicted molar refractivity (Wildman–Crippen MR) is 131 cm³/mol. The van der Waals surface area contributed by atoms with Crippen LogP contribution in [0.2, 0.25) is 0 Å². The first kappa shape index (κ1) is 22.9. The molecule has 0 spiro atoms. The van der Waals surface area contributed by atoms with Gasteiger partial charge >= 0.3 is 7.12 Å². The second-order valence-electron chi connectivity index (χ2n) is 10.1. The zero-order chi connectivity index (χ0) is 22.6. The molecule has 2 heterocycles.